The fraction of sp³-hybridized carbons (Fsp3) is 0. The standard InChI is InChI=1S/4CH2O3.W/c4*2-1(3)4;/h4*(H2,2,3,4);/q;;;;+4/p-4. The van der Waals surface area contributed by atoms with E-state index in [0.717, 1.165) is 0 Å². The predicted molar refractivity (Wildman–Crippen MR) is 32.1 cm³/mol. The summed E-state index contributed by atoms with van der Waals surface area (Å²) in [4.78, 5) is 33.8. The molecule has 98 valence electrons. The van der Waals surface area contributed by atoms with E-state index in [0.29, 0.717) is 0 Å². The van der Waals surface area contributed by atoms with Gasteiger partial charge in [0, 0.05) is 0 Å². The maximum atomic E-state index is 8.44. The van der Waals surface area contributed by atoms with E-state index in [1.165, 1.54) is 0 Å². The molecule has 0 aromatic heterocycles. The summed E-state index contributed by atoms with van der Waals surface area (Å²) in [5.41, 5.74) is 0. The second-order valence-corrected chi connectivity index (χ2v) is 1.06. The summed E-state index contributed by atoms with van der Waals surface area (Å²) in [6.07, 6.45) is -8.33. The Bertz CT molecular complexity index is 159. The maximum Gasteiger partial charge on any atom is 4.00 e. The molecule has 17 heavy (non-hydrogen) atoms. The van der Waals surface area contributed by atoms with Crippen molar-refractivity contribution in [1.82, 2.24) is 0 Å². The van der Waals surface area contributed by atoms with Crippen LogP contribution in [-0.4, -0.2) is 45.0 Å². The molecule has 0 spiro atoms. The van der Waals surface area contributed by atoms with E-state index in [2.05, 4.69) is 0 Å². The molecule has 0 aliphatic rings. The molecule has 0 bridgehead atoms. The van der Waals surface area contributed by atoms with Gasteiger partial charge in [0.05, 0.1) is 0 Å². The summed E-state index contributed by atoms with van der Waals surface area (Å²) in [6, 6.07) is 0. The minimum Gasteiger partial charge on any atom is -0.565 e. The number of carboxylic acid groups (broad SMARTS) is 8. The number of hydrogen-bond acceptors (Lipinski definition) is 8. The summed E-state index contributed by atoms with van der Waals surface area (Å²) < 4.78 is 0. The zero-order valence-corrected chi connectivity index (χ0v) is 10.4. The quantitative estimate of drug-likeness (QED) is 0.286. The van der Waals surface area contributed by atoms with Crippen LogP contribution in [0.3, 0.4) is 0 Å². The van der Waals surface area contributed by atoms with Crippen LogP contribution in [0.1, 0.15) is 0 Å². The maximum absolute atomic E-state index is 8.44. The van der Waals surface area contributed by atoms with Crippen LogP contribution in [0.15, 0.2) is 0 Å². The van der Waals surface area contributed by atoms with Crippen LogP contribution in [0, 0.1) is 0 Å². The van der Waals surface area contributed by atoms with Crippen LogP contribution in [0.4, 0.5) is 19.2 Å². The van der Waals surface area contributed by atoms with Gasteiger partial charge in [-0.25, -0.2) is 0 Å². The van der Waals surface area contributed by atoms with E-state index in [1.807, 2.05) is 0 Å². The van der Waals surface area contributed by atoms with E-state index in [-0.39, 0.29) is 21.1 Å². The van der Waals surface area contributed by atoms with Crippen molar-refractivity contribution in [2.24, 2.45) is 0 Å². The van der Waals surface area contributed by atoms with E-state index >= 15 is 0 Å². The van der Waals surface area contributed by atoms with Gasteiger partial charge in [-0.05, 0) is 0 Å². The molecule has 0 saturated heterocycles. The molecule has 0 radical (unpaired) electrons. The van der Waals surface area contributed by atoms with Crippen molar-refractivity contribution < 1.29 is 81.1 Å². The Balaban J connectivity index is -0.0000000369. The third-order valence-electron chi connectivity index (χ3n) is 0. The summed E-state index contributed by atoms with van der Waals surface area (Å²) in [6.45, 7) is 0. The Labute approximate surface area is 106 Å². The van der Waals surface area contributed by atoms with Gasteiger partial charge in [-0.3, -0.25) is 0 Å². The third-order valence-corrected chi connectivity index (χ3v) is 0. The summed E-state index contributed by atoms with van der Waals surface area (Å²) >= 11 is 0. The van der Waals surface area contributed by atoms with Crippen molar-refractivity contribution in [1.29, 1.82) is 0 Å². The van der Waals surface area contributed by atoms with Gasteiger partial charge in [0.2, 0.25) is 24.6 Å². The molecule has 0 amide bonds. The van der Waals surface area contributed by atoms with Crippen LogP contribution in [0.25, 0.3) is 0 Å². The van der Waals surface area contributed by atoms with E-state index in [9.17, 15) is 0 Å². The Morgan fingerprint density at radius 2 is 0.529 bits per heavy atom. The molecule has 0 aromatic carbocycles. The van der Waals surface area contributed by atoms with Gasteiger partial charge < -0.3 is 60.0 Å². The summed E-state index contributed by atoms with van der Waals surface area (Å²) in [7, 11) is 0. The second-order valence-electron chi connectivity index (χ2n) is 1.06. The average Bonchev–Trinajstić information content (AvgIpc) is 1.76. The van der Waals surface area contributed by atoms with Gasteiger partial charge in [-0.1, -0.05) is 0 Å². The van der Waals surface area contributed by atoms with Crippen LogP contribution in [-0.2, 0) is 21.1 Å². The minimum atomic E-state index is -2.08. The fourth-order valence-electron chi connectivity index (χ4n) is 0. The molecule has 0 unspecified atom stereocenters. The molecular formula is C4H4O12W. The Morgan fingerprint density at radius 3 is 0.529 bits per heavy atom. The molecule has 0 saturated carbocycles. The Kier molecular flexibility index (Phi) is 40.6. The smallest absolute Gasteiger partial charge is 0.565 e. The topological polar surface area (TPSA) is 241 Å². The van der Waals surface area contributed by atoms with Crippen LogP contribution >= 0.6 is 0 Å². The molecule has 0 heterocycles. The molecule has 12 nitrogen and oxygen atoms in total. The van der Waals surface area contributed by atoms with Crippen LogP contribution in [0.5, 0.6) is 0 Å². The zero-order valence-electron chi connectivity index (χ0n) is 7.46. The number of carbonyl (C=O) groups is 4. The van der Waals surface area contributed by atoms with E-state index < -0.39 is 24.6 Å². The molecule has 13 heteroatoms. The SMILES string of the molecule is O=C([O-])O.O=C([O-])O.O=C([O-])O.O=C([O-])O.[W+4]. The second kappa shape index (κ2) is 23.5. The first-order valence-electron chi connectivity index (χ1n) is 2.53. The van der Waals surface area contributed by atoms with Gasteiger partial charge >= 0.3 is 21.1 Å². The third kappa shape index (κ3) is 383. The first-order chi connectivity index (χ1) is 6.93. The average molecular weight is 428 g/mol. The Hall–Kier alpha value is -2.23. The first kappa shape index (κ1) is 29.3. The van der Waals surface area contributed by atoms with Crippen molar-refractivity contribution in [3.05, 3.63) is 0 Å². The number of hydrogen-bond donors (Lipinski definition) is 4. The van der Waals surface area contributed by atoms with Crippen molar-refractivity contribution in [3.63, 3.8) is 0 Å². The monoisotopic (exact) mass is 428 g/mol. The van der Waals surface area contributed by atoms with Crippen molar-refractivity contribution >= 4 is 24.6 Å². The van der Waals surface area contributed by atoms with E-state index in [1.54, 1.807) is 0 Å². The first-order valence-corrected chi connectivity index (χ1v) is 2.53. The summed E-state index contributed by atoms with van der Waals surface area (Å²) in [5, 5.41) is 61.2. The predicted octanol–water partition coefficient (Wildman–Crippen LogP) is -4.45. The van der Waals surface area contributed by atoms with Gasteiger partial charge in [-0.15, -0.1) is 0 Å². The van der Waals surface area contributed by atoms with Gasteiger partial charge in [0.25, 0.3) is 0 Å². The molecule has 0 fully saturated rings. The zero-order chi connectivity index (χ0) is 14.3. The molecule has 0 atom stereocenters. The molecule has 0 aliphatic carbocycles. The normalized spacial score (nSPS) is 5.65. The Morgan fingerprint density at radius 1 is 0.529 bits per heavy atom. The fourth-order valence-corrected chi connectivity index (χ4v) is 0. The van der Waals surface area contributed by atoms with Crippen molar-refractivity contribution in [2.45, 2.75) is 0 Å². The van der Waals surface area contributed by atoms with Gasteiger partial charge in [0.1, 0.15) is 0 Å². The van der Waals surface area contributed by atoms with Crippen LogP contribution < -0.4 is 20.4 Å². The summed E-state index contributed by atoms with van der Waals surface area (Å²) in [5.74, 6) is 0. The van der Waals surface area contributed by atoms with Crippen molar-refractivity contribution in [2.75, 3.05) is 0 Å². The molecular weight excluding hydrogens is 424 g/mol. The molecule has 0 rings (SSSR count). The molecule has 0 aromatic rings. The van der Waals surface area contributed by atoms with Gasteiger partial charge in [0.15, 0.2) is 0 Å². The molecule has 4 N–H and O–H groups in total. The van der Waals surface area contributed by atoms with Crippen molar-refractivity contribution in [3.8, 4) is 0 Å². The largest absolute Gasteiger partial charge is 4.00 e. The van der Waals surface area contributed by atoms with Gasteiger partial charge in [-0.2, -0.15) is 0 Å². The van der Waals surface area contributed by atoms with Crippen LogP contribution in [0.2, 0.25) is 0 Å². The molecule has 0 aliphatic heterocycles. The number of rotatable bonds is 0. The van der Waals surface area contributed by atoms with E-state index in [4.69, 9.17) is 60.0 Å². The minimum absolute atomic E-state index is 0.